The molecule has 1 aromatic heterocycles. The van der Waals surface area contributed by atoms with Crippen LogP contribution in [0.3, 0.4) is 0 Å². The summed E-state index contributed by atoms with van der Waals surface area (Å²) >= 11 is 0. The second-order valence-electron chi connectivity index (χ2n) is 5.41. The van der Waals surface area contributed by atoms with Crippen molar-refractivity contribution in [2.75, 3.05) is 6.61 Å². The summed E-state index contributed by atoms with van der Waals surface area (Å²) in [5, 5.41) is 41.6. The third-order valence-electron chi connectivity index (χ3n) is 3.86. The minimum atomic E-state index is -1.35. The van der Waals surface area contributed by atoms with Gasteiger partial charge in [0.05, 0.1) is 18.5 Å². The summed E-state index contributed by atoms with van der Waals surface area (Å²) in [4.78, 5) is 13.2. The van der Waals surface area contributed by atoms with Gasteiger partial charge in [0.2, 0.25) is 0 Å². The quantitative estimate of drug-likeness (QED) is 0.339. The maximum Gasteiger partial charge on any atom is 0.325 e. The van der Waals surface area contributed by atoms with Crippen molar-refractivity contribution >= 4 is 6.03 Å². The number of carbonyl (C=O) groups excluding carboxylic acids is 1. The number of aromatic nitrogens is 3. The molecular formula is C12H18N6O5. The van der Waals surface area contributed by atoms with E-state index in [1.807, 2.05) is 0 Å². The molecule has 11 nitrogen and oxygen atoms in total. The van der Waals surface area contributed by atoms with Crippen LogP contribution in [-0.2, 0) is 11.2 Å². The molecule has 0 aromatic carbocycles. The van der Waals surface area contributed by atoms with Crippen molar-refractivity contribution in [3.63, 3.8) is 0 Å². The predicted octanol–water partition coefficient (Wildman–Crippen LogP) is -3.02. The van der Waals surface area contributed by atoms with E-state index < -0.39 is 43.3 Å². The molecular weight excluding hydrogens is 308 g/mol. The Bertz CT molecular complexity index is 593. The highest BCUT2D eigenvalue weighted by atomic mass is 16.6. The second kappa shape index (κ2) is 6.22. The van der Waals surface area contributed by atoms with Gasteiger partial charge in [0.25, 0.3) is 0 Å². The van der Waals surface area contributed by atoms with Crippen LogP contribution in [0.1, 0.15) is 5.69 Å². The average Bonchev–Trinajstić information content (AvgIpc) is 3.12. The van der Waals surface area contributed by atoms with E-state index in [1.54, 1.807) is 0 Å². The molecule has 11 heteroatoms. The third kappa shape index (κ3) is 2.92. The number of H-pyrrole nitrogens is 1. The molecule has 126 valence electrons. The molecule has 1 saturated heterocycles. The Kier molecular flexibility index (Phi) is 4.28. The summed E-state index contributed by atoms with van der Waals surface area (Å²) in [7, 11) is 0. The van der Waals surface area contributed by atoms with Crippen molar-refractivity contribution in [3.8, 4) is 0 Å². The van der Waals surface area contributed by atoms with Gasteiger partial charge in [0.15, 0.2) is 6.23 Å². The number of carbonyl (C=O) groups is 1. The summed E-state index contributed by atoms with van der Waals surface area (Å²) in [5.74, 6) is 0. The zero-order valence-electron chi connectivity index (χ0n) is 12.0. The third-order valence-corrected chi connectivity index (χ3v) is 3.86. The highest BCUT2D eigenvalue weighted by Gasteiger charge is 2.47. The van der Waals surface area contributed by atoms with Gasteiger partial charge in [-0.2, -0.15) is 15.4 Å². The molecule has 23 heavy (non-hydrogen) atoms. The maximum atomic E-state index is 12.1. The number of urea groups is 1. The lowest BCUT2D eigenvalue weighted by Crippen LogP contribution is -2.57. The zero-order chi connectivity index (χ0) is 16.6. The Hall–Kier alpha value is -2.05. The molecule has 0 bridgehead atoms. The smallest absolute Gasteiger partial charge is 0.325 e. The van der Waals surface area contributed by atoms with E-state index in [9.17, 15) is 15.0 Å². The molecule has 1 aromatic rings. The van der Waals surface area contributed by atoms with Gasteiger partial charge in [-0.3, -0.25) is 4.90 Å². The minimum Gasteiger partial charge on any atom is -0.394 e. The molecule has 5 atom stereocenters. The first kappa shape index (κ1) is 15.8. The minimum absolute atomic E-state index is 0.337. The van der Waals surface area contributed by atoms with Crippen molar-refractivity contribution in [1.29, 1.82) is 0 Å². The van der Waals surface area contributed by atoms with Gasteiger partial charge in [-0.05, 0) is 5.57 Å². The van der Waals surface area contributed by atoms with Crippen LogP contribution in [-0.4, -0.2) is 79.0 Å². The molecule has 3 heterocycles. The highest BCUT2D eigenvalue weighted by Crippen LogP contribution is 2.26. The average molecular weight is 326 g/mol. The molecule has 7 N–H and O–H groups in total. The fraction of sp³-hybridized carbons (Fsp3) is 0.583. The fourth-order valence-corrected chi connectivity index (χ4v) is 2.59. The lowest BCUT2D eigenvalue weighted by Gasteiger charge is -2.34. The van der Waals surface area contributed by atoms with Crippen molar-refractivity contribution in [2.45, 2.75) is 37.1 Å². The van der Waals surface area contributed by atoms with Gasteiger partial charge in [-0.1, -0.05) is 0 Å². The summed E-state index contributed by atoms with van der Waals surface area (Å²) in [6, 6.07) is -0.573. The van der Waals surface area contributed by atoms with Crippen LogP contribution in [0.4, 0.5) is 4.79 Å². The molecule has 2 aliphatic heterocycles. The van der Waals surface area contributed by atoms with Crippen LogP contribution in [0.5, 0.6) is 0 Å². The Morgan fingerprint density at radius 1 is 1.39 bits per heavy atom. The first-order valence-corrected chi connectivity index (χ1v) is 7.03. The largest absolute Gasteiger partial charge is 0.394 e. The van der Waals surface area contributed by atoms with E-state index in [4.69, 9.17) is 15.6 Å². The van der Waals surface area contributed by atoms with Gasteiger partial charge < -0.3 is 31.1 Å². The van der Waals surface area contributed by atoms with Crippen molar-refractivity contribution in [2.24, 2.45) is 5.73 Å². The van der Waals surface area contributed by atoms with E-state index in [0.29, 0.717) is 17.7 Å². The lowest BCUT2D eigenvalue weighted by atomic mass is 10.1. The van der Waals surface area contributed by atoms with Gasteiger partial charge in [-0.15, -0.1) is 0 Å². The SMILES string of the molecule is NC1NC(=O)N([C@@H]2O[C@H](CO)C(O)[C@@H]2O)C=C1Cc1cn[nH]n1. The number of nitrogens with zero attached hydrogens (tertiary/aromatic N) is 3. The molecule has 2 aliphatic rings. The molecule has 2 unspecified atom stereocenters. The van der Waals surface area contributed by atoms with E-state index in [0.717, 1.165) is 4.90 Å². The Morgan fingerprint density at radius 3 is 2.78 bits per heavy atom. The number of rotatable bonds is 4. The summed E-state index contributed by atoms with van der Waals surface area (Å²) < 4.78 is 5.36. The Morgan fingerprint density at radius 2 is 2.17 bits per heavy atom. The molecule has 1 fully saturated rings. The summed E-state index contributed by atoms with van der Waals surface area (Å²) in [6.45, 7) is -0.473. The number of amides is 2. The van der Waals surface area contributed by atoms with Crippen LogP contribution >= 0.6 is 0 Å². The first-order valence-electron chi connectivity index (χ1n) is 7.03. The number of aromatic amines is 1. The highest BCUT2D eigenvalue weighted by molar-refractivity contribution is 5.78. The van der Waals surface area contributed by atoms with E-state index in [2.05, 4.69) is 20.7 Å². The molecule has 0 spiro atoms. The number of hydrogen-bond donors (Lipinski definition) is 6. The lowest BCUT2D eigenvalue weighted by molar-refractivity contribution is -0.0665. The number of ether oxygens (including phenoxy) is 1. The van der Waals surface area contributed by atoms with Crippen LogP contribution in [0.15, 0.2) is 18.0 Å². The summed E-state index contributed by atoms with van der Waals surface area (Å²) in [5.41, 5.74) is 7.13. The van der Waals surface area contributed by atoms with Crippen molar-refractivity contribution in [1.82, 2.24) is 25.6 Å². The topological polar surface area (TPSA) is 170 Å². The molecule has 3 rings (SSSR count). The van der Waals surface area contributed by atoms with Crippen LogP contribution < -0.4 is 11.1 Å². The number of nitrogens with two attached hydrogens (primary N) is 1. The molecule has 2 amide bonds. The zero-order valence-corrected chi connectivity index (χ0v) is 12.0. The second-order valence-corrected chi connectivity index (χ2v) is 5.41. The monoisotopic (exact) mass is 326 g/mol. The normalized spacial score (nSPS) is 34.4. The molecule has 0 aliphatic carbocycles. The number of hydrogen-bond acceptors (Lipinski definition) is 8. The van der Waals surface area contributed by atoms with Gasteiger partial charge in [-0.25, -0.2) is 4.79 Å². The first-order chi connectivity index (χ1) is 11.0. The van der Waals surface area contributed by atoms with Crippen LogP contribution in [0, 0.1) is 0 Å². The number of aliphatic hydroxyl groups is 3. The number of aliphatic hydroxyl groups excluding tert-OH is 3. The van der Waals surface area contributed by atoms with Crippen LogP contribution in [0.2, 0.25) is 0 Å². The number of nitrogens with one attached hydrogen (secondary N) is 2. The van der Waals surface area contributed by atoms with Gasteiger partial charge >= 0.3 is 6.03 Å². The summed E-state index contributed by atoms with van der Waals surface area (Å²) in [6.07, 6.45) is -2.12. The fourth-order valence-electron chi connectivity index (χ4n) is 2.59. The van der Waals surface area contributed by atoms with Crippen molar-refractivity contribution < 1.29 is 24.9 Å². The molecule has 0 saturated carbocycles. The van der Waals surface area contributed by atoms with E-state index >= 15 is 0 Å². The Labute approximate surface area is 130 Å². The maximum absolute atomic E-state index is 12.1. The van der Waals surface area contributed by atoms with Gasteiger partial charge in [0, 0.05) is 12.6 Å². The van der Waals surface area contributed by atoms with E-state index in [-0.39, 0.29) is 0 Å². The Balaban J connectivity index is 1.82. The van der Waals surface area contributed by atoms with Crippen molar-refractivity contribution in [3.05, 3.63) is 23.7 Å². The van der Waals surface area contributed by atoms with E-state index in [1.165, 1.54) is 12.4 Å². The molecule has 0 radical (unpaired) electrons. The van der Waals surface area contributed by atoms with Crippen LogP contribution in [0.25, 0.3) is 0 Å². The standard InChI is InChI=1S/C12H18N6O5/c13-10-5(1-6-2-14-17-16-6)3-18(12(22)15-10)11-9(21)8(20)7(4-19)23-11/h2-3,7-11,19-21H,1,4,13H2,(H,15,22)(H,14,16,17)/t7-,8?,9+,10?,11-/m1/s1. The predicted molar refractivity (Wildman–Crippen MR) is 74.3 cm³/mol. The van der Waals surface area contributed by atoms with Gasteiger partial charge in [0.1, 0.15) is 24.5 Å².